The van der Waals surface area contributed by atoms with Crippen molar-refractivity contribution in [1.29, 1.82) is 0 Å². The number of ketones is 3. The third-order valence-electron chi connectivity index (χ3n) is 15.0. The minimum absolute atomic E-state index is 0.00384. The minimum atomic E-state index is -0.792. The topological polar surface area (TPSA) is 157 Å². The zero-order valence-corrected chi connectivity index (χ0v) is 43.4. The average molecular weight is 1010 g/mol. The number of thiazole rings is 1. The first-order valence-electron chi connectivity index (χ1n) is 26.0. The summed E-state index contributed by atoms with van der Waals surface area (Å²) < 4.78 is 16.0. The van der Waals surface area contributed by atoms with Gasteiger partial charge in [-0.2, -0.15) is 0 Å². The molecule has 0 unspecified atom stereocenters. The molecule has 3 aliphatic heterocycles. The molecular formula is C57H68FN9O5S. The number of likely N-dealkylation sites (tertiary alicyclic amines) is 1. The highest BCUT2D eigenvalue weighted by atomic mass is 32.1. The predicted octanol–water partition coefficient (Wildman–Crippen LogP) is 9.13. The number of benzene rings is 2. The van der Waals surface area contributed by atoms with Crippen molar-refractivity contribution in [2.75, 3.05) is 55.6 Å². The Morgan fingerprint density at radius 3 is 2.36 bits per heavy atom. The van der Waals surface area contributed by atoms with Gasteiger partial charge in [0.15, 0.2) is 11.4 Å². The van der Waals surface area contributed by atoms with Crippen molar-refractivity contribution >= 4 is 51.9 Å². The molecule has 3 fully saturated rings. The number of hydrogen-bond acceptors (Lipinski definition) is 13. The lowest BCUT2D eigenvalue weighted by molar-refractivity contribution is -0.145. The molecule has 1 amide bonds. The number of carbonyl (C=O) groups excluding carboxylic acids is 4. The summed E-state index contributed by atoms with van der Waals surface area (Å²) in [4.78, 5) is 77.7. The third kappa shape index (κ3) is 12.4. The van der Waals surface area contributed by atoms with Crippen LogP contribution in [0.4, 0.5) is 16.0 Å². The molecule has 3 saturated heterocycles. The van der Waals surface area contributed by atoms with Crippen LogP contribution in [-0.2, 0) is 25.6 Å². The van der Waals surface area contributed by atoms with Crippen LogP contribution in [-0.4, -0.2) is 121 Å². The number of aromatic nitrogens is 5. The summed E-state index contributed by atoms with van der Waals surface area (Å²) >= 11 is 1.60. The van der Waals surface area contributed by atoms with E-state index in [0.717, 1.165) is 108 Å². The minimum Gasteiger partial charge on any atom is -0.391 e. The van der Waals surface area contributed by atoms with Gasteiger partial charge in [0.05, 0.1) is 52.7 Å². The Balaban J connectivity index is 0.701. The number of carbonyl (C=O) groups is 4. The average Bonchev–Trinajstić information content (AvgIpc) is 4.22. The summed E-state index contributed by atoms with van der Waals surface area (Å²) in [5, 5.41) is 15.7. The van der Waals surface area contributed by atoms with E-state index in [-0.39, 0.29) is 60.9 Å². The van der Waals surface area contributed by atoms with Crippen LogP contribution in [0.5, 0.6) is 0 Å². The van der Waals surface area contributed by atoms with Crippen molar-refractivity contribution < 1.29 is 28.7 Å². The van der Waals surface area contributed by atoms with Crippen molar-refractivity contribution in [2.45, 2.75) is 117 Å². The van der Waals surface area contributed by atoms with Crippen LogP contribution in [0.3, 0.4) is 0 Å². The Labute approximate surface area is 431 Å². The van der Waals surface area contributed by atoms with E-state index in [1.165, 1.54) is 11.0 Å². The maximum absolute atomic E-state index is 14.2. The number of fused-ring (bicyclic) bond motifs is 1. The Kier molecular flexibility index (Phi) is 16.2. The van der Waals surface area contributed by atoms with Crippen molar-refractivity contribution in [2.24, 2.45) is 11.3 Å². The lowest BCUT2D eigenvalue weighted by Gasteiger charge is -2.35. The fourth-order valence-electron chi connectivity index (χ4n) is 10.8. The van der Waals surface area contributed by atoms with Gasteiger partial charge in [-0.1, -0.05) is 69.7 Å². The molecule has 14 nitrogen and oxygen atoms in total. The number of amides is 1. The van der Waals surface area contributed by atoms with Gasteiger partial charge < -0.3 is 19.8 Å². The monoisotopic (exact) mass is 1010 g/mol. The summed E-state index contributed by atoms with van der Waals surface area (Å²) in [5.41, 5.74) is 7.61. The van der Waals surface area contributed by atoms with Gasteiger partial charge in [-0.05, 0) is 97.5 Å². The molecule has 0 aliphatic carbocycles. The standard InChI is InChI=1S/C57H68FN9O5S/c1-38-55(73-37-60-38)40-21-18-39(19-22-40)20-23-51(71)49-33-45(70)36-66(49)56(72)46(57(2,3)4)32-43(68)13-6-5-7-14-44(69)35-63-27-29-64(30-28-63)53-17-9-15-47(61-53)50-34-59-52-24-25-54(62-67(50)52)65-26-10-16-48(65)41-11-8-12-42(58)31-41/h8-9,11-12,15,17-19,21-22,24-25,31,34,37,45-46,48-49,70H,5-7,10,13-14,16,20,23,26-30,32-33,35-36H2,1-4H3/t45-,46-,48-,49+/m1/s1. The molecule has 4 aromatic heterocycles. The van der Waals surface area contributed by atoms with Gasteiger partial charge in [0, 0.05) is 77.3 Å². The second-order valence-corrected chi connectivity index (χ2v) is 22.1. The molecule has 0 radical (unpaired) electrons. The van der Waals surface area contributed by atoms with Gasteiger partial charge in [0.2, 0.25) is 5.91 Å². The van der Waals surface area contributed by atoms with E-state index in [0.29, 0.717) is 38.6 Å². The normalized spacial score (nSPS) is 19.0. The van der Waals surface area contributed by atoms with Crippen molar-refractivity contribution in [3.8, 4) is 21.8 Å². The maximum atomic E-state index is 14.2. The number of β-amino-alcohol motifs (C(OH)–C–C–N with tert-alkyl or cyclic N) is 1. The lowest BCUT2D eigenvalue weighted by Crippen LogP contribution is -2.48. The molecule has 7 heterocycles. The highest BCUT2D eigenvalue weighted by molar-refractivity contribution is 7.13. The number of halogens is 1. The van der Waals surface area contributed by atoms with Crippen LogP contribution >= 0.6 is 11.3 Å². The second-order valence-electron chi connectivity index (χ2n) is 21.2. The maximum Gasteiger partial charge on any atom is 0.227 e. The molecule has 73 heavy (non-hydrogen) atoms. The zero-order valence-electron chi connectivity index (χ0n) is 42.6. The van der Waals surface area contributed by atoms with E-state index in [2.05, 4.69) is 24.7 Å². The number of rotatable bonds is 20. The fourth-order valence-corrected chi connectivity index (χ4v) is 11.6. The number of aryl methyl sites for hydroxylation is 2. The number of piperazine rings is 1. The number of Topliss-reactive ketones (excluding diaryl/α,β-unsaturated/α-hetero) is 3. The quantitative estimate of drug-likeness (QED) is 0.0725. The second kappa shape index (κ2) is 22.9. The Morgan fingerprint density at radius 2 is 1.62 bits per heavy atom. The van der Waals surface area contributed by atoms with E-state index in [1.807, 2.05) is 98.4 Å². The van der Waals surface area contributed by atoms with Gasteiger partial charge in [-0.15, -0.1) is 16.4 Å². The molecule has 6 aromatic rings. The van der Waals surface area contributed by atoms with Crippen LogP contribution < -0.4 is 9.80 Å². The first-order chi connectivity index (χ1) is 35.2. The molecule has 384 valence electrons. The molecule has 4 atom stereocenters. The summed E-state index contributed by atoms with van der Waals surface area (Å²) in [6, 6.07) is 24.2. The number of imidazole rings is 1. The van der Waals surface area contributed by atoms with Crippen LogP contribution in [0.25, 0.3) is 27.5 Å². The number of unbranched alkanes of at least 4 members (excludes halogenated alkanes) is 2. The highest BCUT2D eigenvalue weighted by Crippen LogP contribution is 2.37. The largest absolute Gasteiger partial charge is 0.391 e. The Hall–Kier alpha value is -6.23. The Morgan fingerprint density at radius 1 is 0.849 bits per heavy atom. The van der Waals surface area contributed by atoms with E-state index < -0.39 is 23.5 Å². The number of aliphatic hydroxyl groups is 1. The number of anilines is 2. The van der Waals surface area contributed by atoms with Crippen molar-refractivity contribution in [3.63, 3.8) is 0 Å². The first-order valence-corrected chi connectivity index (χ1v) is 26.9. The summed E-state index contributed by atoms with van der Waals surface area (Å²) in [6.45, 7) is 12.1. The van der Waals surface area contributed by atoms with Gasteiger partial charge in [-0.3, -0.25) is 24.1 Å². The fraction of sp³-hybridized carbons (Fsp3) is 0.474. The molecule has 3 aliphatic rings. The van der Waals surface area contributed by atoms with Crippen LogP contribution in [0.1, 0.15) is 108 Å². The van der Waals surface area contributed by atoms with Gasteiger partial charge in [0.25, 0.3) is 0 Å². The van der Waals surface area contributed by atoms with Crippen LogP contribution in [0, 0.1) is 24.1 Å². The summed E-state index contributed by atoms with van der Waals surface area (Å²) in [5.74, 6) is 0.660. The van der Waals surface area contributed by atoms with Crippen molar-refractivity contribution in [3.05, 3.63) is 113 Å². The SMILES string of the molecule is Cc1ncsc1-c1ccc(CCC(=O)[C@@H]2C[C@@H](O)CN2C(=O)[C@@H](CC(=O)CCCCCC(=O)CN2CCN(c3cccc(-c4cnc5ccc(N6CCC[C@@H]6c6cccc(F)c6)nn45)n3)CC2)C(C)(C)C)cc1. The molecular weight excluding hydrogens is 942 g/mol. The molecule has 16 heteroatoms. The summed E-state index contributed by atoms with van der Waals surface area (Å²) in [7, 11) is 0. The number of pyridine rings is 1. The number of nitrogens with zero attached hydrogens (tertiary/aromatic N) is 9. The van der Waals surface area contributed by atoms with Crippen LogP contribution in [0.15, 0.2) is 90.6 Å². The van der Waals surface area contributed by atoms with E-state index in [1.54, 1.807) is 29.7 Å². The van der Waals surface area contributed by atoms with Crippen LogP contribution in [0.2, 0.25) is 0 Å². The molecule has 9 rings (SSSR count). The number of aliphatic hydroxyl groups excluding tert-OH is 1. The molecule has 0 bridgehead atoms. The molecule has 1 N–H and O–H groups in total. The predicted molar refractivity (Wildman–Crippen MR) is 283 cm³/mol. The molecule has 2 aromatic carbocycles. The molecule has 0 spiro atoms. The first kappa shape index (κ1) is 51.7. The smallest absolute Gasteiger partial charge is 0.227 e. The van der Waals surface area contributed by atoms with Gasteiger partial charge >= 0.3 is 0 Å². The van der Waals surface area contributed by atoms with Gasteiger partial charge in [0.1, 0.15) is 34.7 Å². The number of hydrogen-bond donors (Lipinski definition) is 1. The van der Waals surface area contributed by atoms with E-state index in [9.17, 15) is 28.7 Å². The summed E-state index contributed by atoms with van der Waals surface area (Å²) in [6.07, 6.45) is 6.83. The zero-order chi connectivity index (χ0) is 51.2. The third-order valence-corrected chi connectivity index (χ3v) is 15.9. The van der Waals surface area contributed by atoms with Crippen molar-refractivity contribution in [1.82, 2.24) is 34.4 Å². The van der Waals surface area contributed by atoms with E-state index in [4.69, 9.17) is 10.1 Å². The van der Waals surface area contributed by atoms with Gasteiger partial charge in [-0.25, -0.2) is 23.9 Å². The highest BCUT2D eigenvalue weighted by Gasteiger charge is 2.44. The lowest BCUT2D eigenvalue weighted by atomic mass is 9.76. The van der Waals surface area contributed by atoms with E-state index >= 15 is 0 Å². The molecule has 0 saturated carbocycles. The Bertz CT molecular complexity index is 2910.